The molecule has 2 aromatic carbocycles. The molecule has 0 bridgehead atoms. The number of urea groups is 1. The van der Waals surface area contributed by atoms with Crippen LogP contribution in [0.25, 0.3) is 0 Å². The Kier molecular flexibility index (Phi) is 6.72. The summed E-state index contributed by atoms with van der Waals surface area (Å²) in [6, 6.07) is 14.7. The lowest BCUT2D eigenvalue weighted by Gasteiger charge is -2.21. The van der Waals surface area contributed by atoms with E-state index in [4.69, 9.17) is 4.74 Å². The predicted octanol–water partition coefficient (Wildman–Crippen LogP) is 2.87. The van der Waals surface area contributed by atoms with Crippen LogP contribution in [-0.4, -0.2) is 42.3 Å². The van der Waals surface area contributed by atoms with Crippen molar-refractivity contribution in [1.82, 2.24) is 4.90 Å². The molecule has 24 heavy (non-hydrogen) atoms. The highest BCUT2D eigenvalue weighted by Gasteiger charge is 2.14. The molecule has 2 aromatic rings. The Hall–Kier alpha value is -2.44. The maximum absolute atomic E-state index is 12.8. The number of nitrogens with one attached hydrogen (secondary N) is 1. The first-order valence-corrected chi connectivity index (χ1v) is 7.62. The molecule has 2 N–H and O–H groups in total. The monoisotopic (exact) mass is 332 g/mol. The first-order valence-electron chi connectivity index (χ1n) is 7.62. The molecule has 0 saturated carbocycles. The van der Waals surface area contributed by atoms with E-state index in [0.717, 1.165) is 5.56 Å². The molecule has 128 valence electrons. The Labute approximate surface area is 140 Å². The summed E-state index contributed by atoms with van der Waals surface area (Å²) in [4.78, 5) is 13.3. The summed E-state index contributed by atoms with van der Waals surface area (Å²) in [5.74, 6) is -0.368. The van der Waals surface area contributed by atoms with Crippen LogP contribution in [0, 0.1) is 5.82 Å². The molecule has 0 heterocycles. The molecule has 0 aromatic heterocycles. The number of aliphatic hydroxyl groups is 1. The molecule has 0 fully saturated rings. The van der Waals surface area contributed by atoms with Gasteiger partial charge in [0.15, 0.2) is 0 Å². The number of nitrogens with zero attached hydrogens (tertiary/aromatic N) is 1. The Morgan fingerprint density at radius 2 is 1.88 bits per heavy atom. The molecule has 2 amide bonds. The van der Waals surface area contributed by atoms with Gasteiger partial charge >= 0.3 is 6.03 Å². The van der Waals surface area contributed by atoms with Gasteiger partial charge in [0.1, 0.15) is 5.82 Å². The van der Waals surface area contributed by atoms with E-state index in [9.17, 15) is 14.3 Å². The number of likely N-dealkylation sites (N-methyl/N-ethyl adjacent to an activating group) is 1. The van der Waals surface area contributed by atoms with E-state index in [1.807, 2.05) is 30.3 Å². The Morgan fingerprint density at radius 1 is 1.21 bits per heavy atom. The van der Waals surface area contributed by atoms with Gasteiger partial charge in [0.05, 0.1) is 25.9 Å². The number of hydrogen-bond acceptors (Lipinski definition) is 3. The number of benzene rings is 2. The summed E-state index contributed by atoms with van der Waals surface area (Å²) in [6.45, 7) is 0.661. The largest absolute Gasteiger partial charge is 0.389 e. The quantitative estimate of drug-likeness (QED) is 0.819. The summed E-state index contributed by atoms with van der Waals surface area (Å²) in [6.07, 6.45) is -0.794. The van der Waals surface area contributed by atoms with Crippen LogP contribution in [0.5, 0.6) is 0 Å². The highest BCUT2D eigenvalue weighted by atomic mass is 19.1. The fraction of sp³-hybridized carbons (Fsp3) is 0.278. The number of carbonyl (C=O) groups excluding carboxylic acids is 1. The number of ether oxygens (including phenoxy) is 1. The minimum absolute atomic E-state index is 0.127. The van der Waals surface area contributed by atoms with Crippen molar-refractivity contribution < 1.29 is 19.0 Å². The van der Waals surface area contributed by atoms with Crippen molar-refractivity contribution in [3.05, 3.63) is 66.0 Å². The fourth-order valence-electron chi connectivity index (χ4n) is 2.09. The molecule has 0 radical (unpaired) electrons. The van der Waals surface area contributed by atoms with Crippen molar-refractivity contribution in [1.29, 1.82) is 0 Å². The first kappa shape index (κ1) is 17.9. The number of rotatable bonds is 7. The van der Waals surface area contributed by atoms with Gasteiger partial charge in [-0.25, -0.2) is 9.18 Å². The number of amides is 2. The smallest absolute Gasteiger partial charge is 0.321 e. The number of carbonyl (C=O) groups is 1. The maximum Gasteiger partial charge on any atom is 0.321 e. The molecular weight excluding hydrogens is 311 g/mol. The van der Waals surface area contributed by atoms with Gasteiger partial charge in [0.25, 0.3) is 0 Å². The Balaban J connectivity index is 1.71. The van der Waals surface area contributed by atoms with Crippen molar-refractivity contribution in [2.24, 2.45) is 0 Å². The second-order valence-electron chi connectivity index (χ2n) is 5.47. The molecule has 1 atom stereocenters. The van der Waals surface area contributed by atoms with E-state index < -0.39 is 6.10 Å². The average molecular weight is 332 g/mol. The highest BCUT2D eigenvalue weighted by Crippen LogP contribution is 2.09. The van der Waals surface area contributed by atoms with E-state index in [2.05, 4.69) is 5.32 Å². The fourth-order valence-corrected chi connectivity index (χ4v) is 2.09. The normalized spacial score (nSPS) is 11.8. The van der Waals surface area contributed by atoms with Gasteiger partial charge in [-0.1, -0.05) is 30.3 Å². The van der Waals surface area contributed by atoms with Gasteiger partial charge in [-0.2, -0.15) is 0 Å². The molecule has 2 rings (SSSR count). The van der Waals surface area contributed by atoms with Crippen molar-refractivity contribution in [3.63, 3.8) is 0 Å². The second-order valence-corrected chi connectivity index (χ2v) is 5.47. The molecule has 0 spiro atoms. The zero-order chi connectivity index (χ0) is 17.4. The van der Waals surface area contributed by atoms with E-state index in [1.54, 1.807) is 7.05 Å². The third-order valence-electron chi connectivity index (χ3n) is 3.35. The number of hydrogen-bond donors (Lipinski definition) is 2. The zero-order valence-corrected chi connectivity index (χ0v) is 13.5. The van der Waals surface area contributed by atoms with Crippen LogP contribution in [-0.2, 0) is 11.3 Å². The van der Waals surface area contributed by atoms with Crippen LogP contribution >= 0.6 is 0 Å². The Morgan fingerprint density at radius 3 is 2.54 bits per heavy atom. The van der Waals surface area contributed by atoms with E-state index in [-0.39, 0.29) is 25.0 Å². The van der Waals surface area contributed by atoms with Gasteiger partial charge in [-0.3, -0.25) is 0 Å². The van der Waals surface area contributed by atoms with E-state index >= 15 is 0 Å². The molecule has 0 aliphatic carbocycles. The van der Waals surface area contributed by atoms with Crippen molar-refractivity contribution >= 4 is 11.7 Å². The van der Waals surface area contributed by atoms with Gasteiger partial charge in [0.2, 0.25) is 0 Å². The van der Waals surface area contributed by atoms with Gasteiger partial charge in [-0.15, -0.1) is 0 Å². The number of aliphatic hydroxyl groups excluding tert-OH is 1. The summed E-state index contributed by atoms with van der Waals surface area (Å²) in [7, 11) is 1.57. The second kappa shape index (κ2) is 9.00. The minimum atomic E-state index is -0.794. The van der Waals surface area contributed by atoms with E-state index in [1.165, 1.54) is 29.2 Å². The zero-order valence-electron chi connectivity index (χ0n) is 13.5. The summed E-state index contributed by atoms with van der Waals surface area (Å²) >= 11 is 0. The topological polar surface area (TPSA) is 61.8 Å². The van der Waals surface area contributed by atoms with Gasteiger partial charge < -0.3 is 20.1 Å². The average Bonchev–Trinajstić information content (AvgIpc) is 2.58. The maximum atomic E-state index is 12.8. The molecule has 6 heteroatoms. The third-order valence-corrected chi connectivity index (χ3v) is 3.35. The third kappa shape index (κ3) is 5.98. The van der Waals surface area contributed by atoms with Crippen LogP contribution in [0.1, 0.15) is 5.56 Å². The van der Waals surface area contributed by atoms with Gasteiger partial charge in [0, 0.05) is 12.7 Å². The van der Waals surface area contributed by atoms with Crippen LogP contribution in [0.2, 0.25) is 0 Å². The van der Waals surface area contributed by atoms with Crippen LogP contribution < -0.4 is 5.32 Å². The minimum Gasteiger partial charge on any atom is -0.389 e. The van der Waals surface area contributed by atoms with Crippen molar-refractivity contribution in [2.75, 3.05) is 25.5 Å². The highest BCUT2D eigenvalue weighted by molar-refractivity contribution is 5.89. The van der Waals surface area contributed by atoms with Crippen LogP contribution in [0.3, 0.4) is 0 Å². The van der Waals surface area contributed by atoms with Crippen molar-refractivity contribution in [2.45, 2.75) is 12.7 Å². The summed E-state index contributed by atoms with van der Waals surface area (Å²) in [5, 5.41) is 12.6. The lowest BCUT2D eigenvalue weighted by atomic mass is 10.2. The van der Waals surface area contributed by atoms with Crippen molar-refractivity contribution in [3.8, 4) is 0 Å². The Bertz CT molecular complexity index is 634. The number of halogens is 1. The summed E-state index contributed by atoms with van der Waals surface area (Å²) < 4.78 is 18.3. The number of anilines is 1. The molecule has 0 aliphatic rings. The molecule has 0 aliphatic heterocycles. The lowest BCUT2D eigenvalue weighted by Crippen LogP contribution is -2.38. The molecular formula is C18H21FN2O3. The van der Waals surface area contributed by atoms with E-state index in [0.29, 0.717) is 12.3 Å². The predicted molar refractivity (Wildman–Crippen MR) is 90.2 cm³/mol. The summed E-state index contributed by atoms with van der Waals surface area (Å²) in [5.41, 5.74) is 1.51. The van der Waals surface area contributed by atoms with Crippen LogP contribution in [0.15, 0.2) is 54.6 Å². The van der Waals surface area contributed by atoms with Crippen LogP contribution in [0.4, 0.5) is 14.9 Å². The molecule has 0 saturated heterocycles. The standard InChI is InChI=1S/C18H21FN2O3/c1-21(18(23)20-16-9-7-15(19)8-10-16)11-17(22)13-24-12-14-5-3-2-4-6-14/h2-10,17,22H,11-13H2,1H3,(H,20,23)/t17-/m0/s1. The van der Waals surface area contributed by atoms with Gasteiger partial charge in [-0.05, 0) is 29.8 Å². The lowest BCUT2D eigenvalue weighted by molar-refractivity contribution is 0.0188. The first-order chi connectivity index (χ1) is 11.5. The SMILES string of the molecule is CN(C[C@H](O)COCc1ccccc1)C(=O)Nc1ccc(F)cc1. The molecule has 0 unspecified atom stereocenters. The molecule has 5 nitrogen and oxygen atoms in total.